The summed E-state index contributed by atoms with van der Waals surface area (Å²) >= 11 is 0. The summed E-state index contributed by atoms with van der Waals surface area (Å²) in [5.41, 5.74) is -0.00676. The molecular weight excluding hydrogens is 242 g/mol. The summed E-state index contributed by atoms with van der Waals surface area (Å²) in [6.07, 6.45) is 7.01. The summed E-state index contributed by atoms with van der Waals surface area (Å²) < 4.78 is 0. The van der Waals surface area contributed by atoms with Crippen LogP contribution in [0.15, 0.2) is 30.4 Å². The number of phenols is 2. The molecule has 1 aliphatic rings. The van der Waals surface area contributed by atoms with Gasteiger partial charge in [0, 0.05) is 6.54 Å². The Hall–Kier alpha value is -1.97. The first-order valence-corrected chi connectivity index (χ1v) is 6.63. The van der Waals surface area contributed by atoms with Crippen molar-refractivity contribution in [1.82, 2.24) is 4.90 Å². The van der Waals surface area contributed by atoms with E-state index in [0.29, 0.717) is 6.54 Å². The summed E-state index contributed by atoms with van der Waals surface area (Å²) in [7, 11) is 0. The minimum atomic E-state index is -0.318. The Balaban J connectivity index is 2.20. The van der Waals surface area contributed by atoms with Crippen molar-refractivity contribution in [3.05, 3.63) is 35.9 Å². The van der Waals surface area contributed by atoms with Crippen LogP contribution in [0.3, 0.4) is 0 Å². The van der Waals surface area contributed by atoms with E-state index in [1.165, 1.54) is 18.2 Å². The van der Waals surface area contributed by atoms with E-state index < -0.39 is 0 Å². The monoisotopic (exact) mass is 261 g/mol. The largest absolute Gasteiger partial charge is 0.507 e. The number of carbonyl (C=O) groups excluding carboxylic acids is 1. The molecule has 2 N–H and O–H groups in total. The maximum absolute atomic E-state index is 12.4. The quantitative estimate of drug-likeness (QED) is 0.819. The Morgan fingerprint density at radius 1 is 1.37 bits per heavy atom. The molecule has 0 aliphatic carbocycles. The zero-order valence-electron chi connectivity index (χ0n) is 11.0. The molecule has 1 heterocycles. The SMILES string of the molecule is CCCC[C@H]1C=CCN1C(=O)c1c(O)cccc1O. The highest BCUT2D eigenvalue weighted by molar-refractivity contribution is 6.00. The van der Waals surface area contributed by atoms with Crippen LogP contribution in [0.25, 0.3) is 0 Å². The standard InChI is InChI=1S/C15H19NO3/c1-2-3-6-11-7-5-10-16(11)15(19)14-12(17)8-4-9-13(14)18/h4-5,7-9,11,17-18H,2-3,6,10H2,1H3/t11-/m0/s1. The van der Waals surface area contributed by atoms with Crippen LogP contribution in [0.5, 0.6) is 11.5 Å². The first-order chi connectivity index (χ1) is 9.15. The fraction of sp³-hybridized carbons (Fsp3) is 0.400. The minimum Gasteiger partial charge on any atom is -0.507 e. The lowest BCUT2D eigenvalue weighted by Crippen LogP contribution is -2.36. The van der Waals surface area contributed by atoms with Crippen LogP contribution in [0.1, 0.15) is 36.5 Å². The Morgan fingerprint density at radius 2 is 2.05 bits per heavy atom. The van der Waals surface area contributed by atoms with Gasteiger partial charge in [0.15, 0.2) is 0 Å². The number of carbonyl (C=O) groups is 1. The number of nitrogens with zero attached hydrogens (tertiary/aromatic N) is 1. The molecular formula is C15H19NO3. The number of unbranched alkanes of at least 4 members (excludes halogenated alkanes) is 1. The third kappa shape index (κ3) is 2.72. The average Bonchev–Trinajstić information content (AvgIpc) is 2.84. The van der Waals surface area contributed by atoms with Crippen LogP contribution < -0.4 is 0 Å². The molecule has 0 saturated heterocycles. The topological polar surface area (TPSA) is 60.8 Å². The molecule has 102 valence electrons. The number of aromatic hydroxyl groups is 2. The number of hydrogen-bond acceptors (Lipinski definition) is 3. The lowest BCUT2D eigenvalue weighted by Gasteiger charge is -2.25. The average molecular weight is 261 g/mol. The van der Waals surface area contributed by atoms with Gasteiger partial charge in [-0.2, -0.15) is 0 Å². The van der Waals surface area contributed by atoms with Crippen LogP contribution in [-0.2, 0) is 0 Å². The Kier molecular flexibility index (Phi) is 4.10. The smallest absolute Gasteiger partial charge is 0.262 e. The second kappa shape index (κ2) is 5.78. The van der Waals surface area contributed by atoms with Crippen molar-refractivity contribution >= 4 is 5.91 Å². The molecule has 0 aromatic heterocycles. The molecule has 4 heteroatoms. The normalized spacial score (nSPS) is 17.9. The number of benzene rings is 1. The third-order valence-corrected chi connectivity index (χ3v) is 3.41. The van der Waals surface area contributed by atoms with E-state index in [1.807, 2.05) is 12.2 Å². The fourth-order valence-electron chi connectivity index (χ4n) is 2.36. The van der Waals surface area contributed by atoms with Gasteiger partial charge in [-0.3, -0.25) is 4.79 Å². The van der Waals surface area contributed by atoms with Crippen molar-refractivity contribution in [2.24, 2.45) is 0 Å². The molecule has 4 nitrogen and oxygen atoms in total. The number of amides is 1. The summed E-state index contributed by atoms with van der Waals surface area (Å²) in [4.78, 5) is 14.1. The van der Waals surface area contributed by atoms with Crippen molar-refractivity contribution in [2.75, 3.05) is 6.54 Å². The van der Waals surface area contributed by atoms with E-state index in [9.17, 15) is 15.0 Å². The molecule has 1 amide bonds. The highest BCUT2D eigenvalue weighted by Gasteiger charge is 2.28. The highest BCUT2D eigenvalue weighted by atomic mass is 16.3. The van der Waals surface area contributed by atoms with Crippen LogP contribution in [0, 0.1) is 0 Å². The highest BCUT2D eigenvalue weighted by Crippen LogP contribution is 2.30. The van der Waals surface area contributed by atoms with Gasteiger partial charge in [-0.25, -0.2) is 0 Å². The van der Waals surface area contributed by atoms with Gasteiger partial charge in [0.05, 0.1) is 6.04 Å². The van der Waals surface area contributed by atoms with Crippen LogP contribution in [-0.4, -0.2) is 33.6 Å². The molecule has 0 radical (unpaired) electrons. The van der Waals surface area contributed by atoms with Crippen LogP contribution >= 0.6 is 0 Å². The molecule has 0 unspecified atom stereocenters. The molecule has 0 fully saturated rings. The summed E-state index contributed by atoms with van der Waals surface area (Å²) in [6, 6.07) is 4.40. The van der Waals surface area contributed by atoms with E-state index in [4.69, 9.17) is 0 Å². The van der Waals surface area contributed by atoms with Gasteiger partial charge in [-0.05, 0) is 18.6 Å². The second-order valence-corrected chi connectivity index (χ2v) is 4.77. The molecule has 0 bridgehead atoms. The Morgan fingerprint density at radius 3 is 2.68 bits per heavy atom. The van der Waals surface area contributed by atoms with Crippen molar-refractivity contribution in [3.8, 4) is 11.5 Å². The zero-order chi connectivity index (χ0) is 13.8. The van der Waals surface area contributed by atoms with E-state index in [-0.39, 0.29) is 29.0 Å². The van der Waals surface area contributed by atoms with Gasteiger partial charge in [-0.1, -0.05) is 38.0 Å². The van der Waals surface area contributed by atoms with Crippen LogP contribution in [0.2, 0.25) is 0 Å². The number of rotatable bonds is 4. The van der Waals surface area contributed by atoms with Gasteiger partial charge in [0.25, 0.3) is 5.91 Å². The zero-order valence-corrected chi connectivity index (χ0v) is 11.0. The van der Waals surface area contributed by atoms with Crippen molar-refractivity contribution in [1.29, 1.82) is 0 Å². The summed E-state index contributed by atoms with van der Waals surface area (Å²) in [5.74, 6) is -0.668. The summed E-state index contributed by atoms with van der Waals surface area (Å²) in [6.45, 7) is 2.64. The molecule has 19 heavy (non-hydrogen) atoms. The molecule has 2 rings (SSSR count). The lowest BCUT2D eigenvalue weighted by atomic mass is 10.1. The van der Waals surface area contributed by atoms with Crippen molar-refractivity contribution in [2.45, 2.75) is 32.2 Å². The molecule has 0 spiro atoms. The van der Waals surface area contributed by atoms with Gasteiger partial charge in [-0.15, -0.1) is 0 Å². The lowest BCUT2D eigenvalue weighted by molar-refractivity contribution is 0.0737. The Labute approximate surface area is 113 Å². The predicted octanol–water partition coefficient (Wildman–Crippen LogP) is 2.67. The fourth-order valence-corrected chi connectivity index (χ4v) is 2.36. The van der Waals surface area contributed by atoms with Gasteiger partial charge < -0.3 is 15.1 Å². The first-order valence-electron chi connectivity index (χ1n) is 6.63. The molecule has 1 aliphatic heterocycles. The number of phenolic OH excluding ortho intramolecular Hbond substituents is 2. The second-order valence-electron chi connectivity index (χ2n) is 4.77. The molecule has 0 saturated carbocycles. The maximum atomic E-state index is 12.4. The van der Waals surface area contributed by atoms with Crippen LogP contribution in [0.4, 0.5) is 0 Å². The number of hydrogen-bond donors (Lipinski definition) is 2. The van der Waals surface area contributed by atoms with E-state index in [0.717, 1.165) is 19.3 Å². The minimum absolute atomic E-state index is 0.00676. The predicted molar refractivity (Wildman–Crippen MR) is 73.3 cm³/mol. The van der Waals surface area contributed by atoms with E-state index in [1.54, 1.807) is 4.90 Å². The molecule has 1 atom stereocenters. The Bertz CT molecular complexity index is 476. The van der Waals surface area contributed by atoms with E-state index >= 15 is 0 Å². The molecule has 1 aromatic carbocycles. The van der Waals surface area contributed by atoms with Gasteiger partial charge in [0.2, 0.25) is 0 Å². The van der Waals surface area contributed by atoms with Gasteiger partial charge in [0.1, 0.15) is 17.1 Å². The van der Waals surface area contributed by atoms with Crippen molar-refractivity contribution < 1.29 is 15.0 Å². The maximum Gasteiger partial charge on any atom is 0.262 e. The first kappa shape index (κ1) is 13.5. The van der Waals surface area contributed by atoms with Gasteiger partial charge >= 0.3 is 0 Å². The van der Waals surface area contributed by atoms with Crippen molar-refractivity contribution in [3.63, 3.8) is 0 Å². The summed E-state index contributed by atoms with van der Waals surface area (Å²) in [5, 5.41) is 19.5. The molecule has 1 aromatic rings. The van der Waals surface area contributed by atoms with E-state index in [2.05, 4.69) is 6.92 Å². The third-order valence-electron chi connectivity index (χ3n) is 3.41.